The smallest absolute Gasteiger partial charge is 0.308 e. The molecule has 0 radical (unpaired) electrons. The van der Waals surface area contributed by atoms with Crippen LogP contribution in [-0.4, -0.2) is 19.3 Å². The van der Waals surface area contributed by atoms with Crippen molar-refractivity contribution in [2.24, 2.45) is 5.92 Å². The molecule has 1 atom stereocenters. The van der Waals surface area contributed by atoms with Crippen molar-refractivity contribution in [1.29, 1.82) is 5.41 Å². The summed E-state index contributed by atoms with van der Waals surface area (Å²) >= 11 is 0. The predicted octanol–water partition coefficient (Wildman–Crippen LogP) is 0.835. The first-order valence-electron chi connectivity index (χ1n) is 2.79. The molecule has 52 valence electrons. The first-order chi connectivity index (χ1) is 4.22. The molecule has 0 heterocycles. The summed E-state index contributed by atoms with van der Waals surface area (Å²) in [4.78, 5) is 10.6. The number of ether oxygens (including phenoxy) is 1. The number of nitrogens with one attached hydrogen (secondary N) is 1. The second-order valence-electron chi connectivity index (χ2n) is 1.86. The van der Waals surface area contributed by atoms with Crippen molar-refractivity contribution in [3.8, 4) is 0 Å². The lowest BCUT2D eigenvalue weighted by atomic mass is 10.1. The third kappa shape index (κ3) is 2.85. The lowest BCUT2D eigenvalue weighted by molar-refractivity contribution is -0.144. The highest BCUT2D eigenvalue weighted by Gasteiger charge is 2.09. The van der Waals surface area contributed by atoms with Crippen molar-refractivity contribution < 1.29 is 9.53 Å². The molecule has 0 saturated heterocycles. The Kier molecular flexibility index (Phi) is 3.67. The molecule has 0 aliphatic rings. The monoisotopic (exact) mass is 129 g/mol. The summed E-state index contributed by atoms with van der Waals surface area (Å²) in [5.41, 5.74) is 0. The van der Waals surface area contributed by atoms with Gasteiger partial charge in [0.15, 0.2) is 0 Å². The van der Waals surface area contributed by atoms with E-state index in [0.717, 1.165) is 0 Å². The lowest BCUT2D eigenvalue weighted by Crippen LogP contribution is -2.12. The Labute approximate surface area is 54.5 Å². The van der Waals surface area contributed by atoms with Gasteiger partial charge in [0, 0.05) is 0 Å². The van der Waals surface area contributed by atoms with Crippen LogP contribution in [0.2, 0.25) is 0 Å². The van der Waals surface area contributed by atoms with Crippen LogP contribution < -0.4 is 0 Å². The molecular formula is C6H11NO2. The Balaban J connectivity index is 3.58. The zero-order valence-corrected chi connectivity index (χ0v) is 5.68. The van der Waals surface area contributed by atoms with Crippen LogP contribution in [0.25, 0.3) is 0 Å². The van der Waals surface area contributed by atoms with Gasteiger partial charge in [0.25, 0.3) is 0 Å². The van der Waals surface area contributed by atoms with Crippen molar-refractivity contribution in [1.82, 2.24) is 0 Å². The van der Waals surface area contributed by atoms with Crippen LogP contribution >= 0.6 is 0 Å². The summed E-state index contributed by atoms with van der Waals surface area (Å²) < 4.78 is 4.42. The van der Waals surface area contributed by atoms with Crippen molar-refractivity contribution in [3.05, 3.63) is 0 Å². The third-order valence-electron chi connectivity index (χ3n) is 1.07. The van der Waals surface area contributed by atoms with Gasteiger partial charge in [0.05, 0.1) is 13.0 Å². The van der Waals surface area contributed by atoms with Gasteiger partial charge in [-0.3, -0.25) is 4.79 Å². The molecule has 1 unspecified atom stereocenters. The number of methoxy groups -OCH3 is 1. The van der Waals surface area contributed by atoms with Crippen LogP contribution in [0.4, 0.5) is 0 Å². The first kappa shape index (κ1) is 8.14. The van der Waals surface area contributed by atoms with Gasteiger partial charge in [0.2, 0.25) is 0 Å². The molecule has 0 aromatic carbocycles. The van der Waals surface area contributed by atoms with Crippen LogP contribution in [-0.2, 0) is 9.53 Å². The van der Waals surface area contributed by atoms with Gasteiger partial charge >= 0.3 is 5.97 Å². The standard InChI is InChI=1S/C6H11NO2/c1-5(3-4-7)6(8)9-2/h4-5,7H,3H2,1-2H3. The maximum Gasteiger partial charge on any atom is 0.308 e. The van der Waals surface area contributed by atoms with Crippen LogP contribution in [0.15, 0.2) is 0 Å². The molecule has 0 aliphatic heterocycles. The van der Waals surface area contributed by atoms with Gasteiger partial charge in [-0.1, -0.05) is 6.92 Å². The average molecular weight is 129 g/mol. The average Bonchev–Trinajstić information content (AvgIpc) is 1.87. The summed E-state index contributed by atoms with van der Waals surface area (Å²) in [5.74, 6) is -0.425. The van der Waals surface area contributed by atoms with Crippen LogP contribution in [0.1, 0.15) is 13.3 Å². The zero-order chi connectivity index (χ0) is 7.28. The Morgan fingerprint density at radius 1 is 1.89 bits per heavy atom. The second-order valence-corrected chi connectivity index (χ2v) is 1.86. The van der Waals surface area contributed by atoms with Crippen LogP contribution in [0, 0.1) is 11.3 Å². The maximum atomic E-state index is 10.6. The Hall–Kier alpha value is -0.860. The Bertz CT molecular complexity index is 112. The Morgan fingerprint density at radius 2 is 2.44 bits per heavy atom. The molecule has 0 fully saturated rings. The highest BCUT2D eigenvalue weighted by molar-refractivity contribution is 5.75. The van der Waals surface area contributed by atoms with Crippen LogP contribution in [0.5, 0.6) is 0 Å². The lowest BCUT2D eigenvalue weighted by Gasteiger charge is -2.03. The number of carbonyl (C=O) groups is 1. The third-order valence-corrected chi connectivity index (χ3v) is 1.07. The summed E-state index contributed by atoms with van der Waals surface area (Å²) in [6.45, 7) is 1.73. The topological polar surface area (TPSA) is 50.2 Å². The highest BCUT2D eigenvalue weighted by Crippen LogP contribution is 1.99. The molecule has 0 aromatic rings. The van der Waals surface area contributed by atoms with E-state index in [-0.39, 0.29) is 11.9 Å². The van der Waals surface area contributed by atoms with E-state index in [1.807, 2.05) is 0 Å². The summed E-state index contributed by atoms with van der Waals surface area (Å²) in [5, 5.41) is 6.67. The van der Waals surface area contributed by atoms with E-state index in [2.05, 4.69) is 4.74 Å². The highest BCUT2D eigenvalue weighted by atomic mass is 16.5. The SMILES string of the molecule is COC(=O)C(C)CC=N. The summed E-state index contributed by atoms with van der Waals surface area (Å²) in [6.07, 6.45) is 1.67. The van der Waals surface area contributed by atoms with Gasteiger partial charge in [-0.25, -0.2) is 0 Å². The Morgan fingerprint density at radius 3 is 2.78 bits per heavy atom. The summed E-state index contributed by atoms with van der Waals surface area (Å²) in [6, 6.07) is 0. The molecule has 0 amide bonds. The quantitative estimate of drug-likeness (QED) is 0.453. The minimum atomic E-state index is -0.251. The van der Waals surface area contributed by atoms with Crippen molar-refractivity contribution in [2.45, 2.75) is 13.3 Å². The minimum absolute atomic E-state index is 0.174. The molecule has 3 heteroatoms. The minimum Gasteiger partial charge on any atom is -0.469 e. The van der Waals surface area contributed by atoms with E-state index in [1.54, 1.807) is 6.92 Å². The number of hydrogen-bond acceptors (Lipinski definition) is 3. The fourth-order valence-electron chi connectivity index (χ4n) is 0.474. The molecule has 0 aromatic heterocycles. The number of rotatable bonds is 3. The fourth-order valence-corrected chi connectivity index (χ4v) is 0.474. The van der Waals surface area contributed by atoms with Gasteiger partial charge < -0.3 is 10.1 Å². The van der Waals surface area contributed by atoms with E-state index in [1.165, 1.54) is 13.3 Å². The van der Waals surface area contributed by atoms with E-state index in [0.29, 0.717) is 6.42 Å². The zero-order valence-electron chi connectivity index (χ0n) is 5.68. The molecule has 0 aliphatic carbocycles. The van der Waals surface area contributed by atoms with Gasteiger partial charge in [-0.15, -0.1) is 0 Å². The van der Waals surface area contributed by atoms with Gasteiger partial charge in [-0.2, -0.15) is 0 Å². The molecule has 0 saturated carbocycles. The molecule has 1 N–H and O–H groups in total. The van der Waals surface area contributed by atoms with Crippen molar-refractivity contribution in [3.63, 3.8) is 0 Å². The predicted molar refractivity (Wildman–Crippen MR) is 34.6 cm³/mol. The number of esters is 1. The van der Waals surface area contributed by atoms with Crippen molar-refractivity contribution in [2.75, 3.05) is 7.11 Å². The van der Waals surface area contributed by atoms with E-state index in [4.69, 9.17) is 5.41 Å². The summed E-state index contributed by atoms with van der Waals surface area (Å²) in [7, 11) is 1.35. The number of hydrogen-bond donors (Lipinski definition) is 1. The normalized spacial score (nSPS) is 12.2. The van der Waals surface area contributed by atoms with Gasteiger partial charge in [0.1, 0.15) is 0 Å². The molecule has 3 nitrogen and oxygen atoms in total. The molecule has 0 bridgehead atoms. The molecule has 0 spiro atoms. The van der Waals surface area contributed by atoms with Gasteiger partial charge in [-0.05, 0) is 12.6 Å². The second kappa shape index (κ2) is 4.06. The molecular weight excluding hydrogens is 118 g/mol. The largest absolute Gasteiger partial charge is 0.469 e. The van der Waals surface area contributed by atoms with Crippen molar-refractivity contribution >= 4 is 12.2 Å². The van der Waals surface area contributed by atoms with E-state index < -0.39 is 0 Å². The maximum absolute atomic E-state index is 10.6. The molecule has 0 rings (SSSR count). The van der Waals surface area contributed by atoms with E-state index in [9.17, 15) is 4.79 Å². The molecule has 9 heavy (non-hydrogen) atoms. The number of carbonyl (C=O) groups excluding carboxylic acids is 1. The fraction of sp³-hybridized carbons (Fsp3) is 0.667. The van der Waals surface area contributed by atoms with Crippen LogP contribution in [0.3, 0.4) is 0 Å². The van der Waals surface area contributed by atoms with E-state index >= 15 is 0 Å². The first-order valence-corrected chi connectivity index (χ1v) is 2.79.